The molecule has 5 nitrogen and oxygen atoms in total. The van der Waals surface area contributed by atoms with Gasteiger partial charge in [0.15, 0.2) is 0 Å². The second-order valence-corrected chi connectivity index (χ2v) is 8.27. The van der Waals surface area contributed by atoms with Gasteiger partial charge >= 0.3 is 0 Å². The Morgan fingerprint density at radius 1 is 1.03 bits per heavy atom. The second kappa shape index (κ2) is 9.15. The minimum Gasteiger partial charge on any atom is -0.497 e. The molecule has 2 aromatic carbocycles. The molecule has 0 unspecified atom stereocenters. The Bertz CT molecular complexity index is 1210. The summed E-state index contributed by atoms with van der Waals surface area (Å²) in [5.41, 5.74) is 5.14. The summed E-state index contributed by atoms with van der Waals surface area (Å²) < 4.78 is 13.7. The molecule has 0 saturated carbocycles. The average Bonchev–Trinajstić information content (AvgIpc) is 3.40. The van der Waals surface area contributed by atoms with Crippen molar-refractivity contribution in [3.63, 3.8) is 0 Å². The Kier molecular flexibility index (Phi) is 5.93. The van der Waals surface area contributed by atoms with E-state index in [0.29, 0.717) is 18.2 Å². The maximum Gasteiger partial charge on any atom is 0.118 e. The molecular formula is C26H24ClN3O2. The highest BCUT2D eigenvalue weighted by atomic mass is 35.5. The van der Waals surface area contributed by atoms with Crippen molar-refractivity contribution >= 4 is 11.6 Å². The number of halogens is 1. The van der Waals surface area contributed by atoms with Crippen LogP contribution >= 0.6 is 11.6 Å². The Morgan fingerprint density at radius 2 is 1.81 bits per heavy atom. The van der Waals surface area contributed by atoms with Crippen molar-refractivity contribution in [1.82, 2.24) is 14.5 Å². The number of benzene rings is 2. The summed E-state index contributed by atoms with van der Waals surface area (Å²) in [6, 6.07) is 20.1. The number of hydrogen-bond donors (Lipinski definition) is 0. The van der Waals surface area contributed by atoms with Crippen LogP contribution in [-0.4, -0.2) is 28.3 Å². The molecule has 4 aromatic rings. The van der Waals surface area contributed by atoms with Crippen LogP contribution < -0.4 is 4.74 Å². The molecule has 0 amide bonds. The standard InChI is InChI=1S/C26H24ClN3O2/c1-31-21-9-6-18(7-10-21)16-32-17-20-8-11-24-29-25(22-4-2-3-5-23(22)27)26(30(20)24)19-12-14-28-15-13-19/h2-7,9-10,12-15,20H,8,11,16-17H2,1H3/t20-/m0/s1. The van der Waals surface area contributed by atoms with Crippen molar-refractivity contribution in [2.45, 2.75) is 25.5 Å². The van der Waals surface area contributed by atoms with Crippen molar-refractivity contribution in [2.24, 2.45) is 0 Å². The SMILES string of the molecule is COc1ccc(COC[C@@H]2CCc3nc(-c4ccccc4Cl)c(-c4ccncc4)n32)cc1. The second-order valence-electron chi connectivity index (χ2n) is 7.87. The van der Waals surface area contributed by atoms with E-state index in [0.717, 1.165) is 52.5 Å². The van der Waals surface area contributed by atoms with Crippen molar-refractivity contribution in [2.75, 3.05) is 13.7 Å². The number of rotatable bonds is 7. The number of imidazole rings is 1. The maximum atomic E-state index is 6.56. The molecule has 0 aliphatic carbocycles. The van der Waals surface area contributed by atoms with Gasteiger partial charge in [-0.2, -0.15) is 0 Å². The molecule has 5 rings (SSSR count). The summed E-state index contributed by atoms with van der Waals surface area (Å²) >= 11 is 6.56. The van der Waals surface area contributed by atoms with E-state index in [1.54, 1.807) is 7.11 Å². The van der Waals surface area contributed by atoms with Crippen LogP contribution in [0.3, 0.4) is 0 Å². The van der Waals surface area contributed by atoms with Gasteiger partial charge in [0.2, 0.25) is 0 Å². The van der Waals surface area contributed by atoms with E-state index >= 15 is 0 Å². The zero-order valence-electron chi connectivity index (χ0n) is 17.9. The molecule has 1 aliphatic heterocycles. The molecule has 0 radical (unpaired) electrons. The van der Waals surface area contributed by atoms with Crippen LogP contribution in [0, 0.1) is 0 Å². The molecule has 32 heavy (non-hydrogen) atoms. The highest BCUT2D eigenvalue weighted by Crippen LogP contribution is 2.41. The summed E-state index contributed by atoms with van der Waals surface area (Å²) in [7, 11) is 1.67. The van der Waals surface area contributed by atoms with Crippen LogP contribution in [0.15, 0.2) is 73.1 Å². The molecule has 3 heterocycles. The number of ether oxygens (including phenoxy) is 2. The number of nitrogens with zero attached hydrogens (tertiary/aromatic N) is 3. The molecule has 1 aliphatic rings. The number of pyridine rings is 1. The van der Waals surface area contributed by atoms with E-state index in [2.05, 4.69) is 9.55 Å². The summed E-state index contributed by atoms with van der Waals surface area (Å²) in [5.74, 6) is 1.92. The van der Waals surface area contributed by atoms with Gasteiger partial charge in [-0.1, -0.05) is 41.9 Å². The predicted octanol–water partition coefficient (Wildman–Crippen LogP) is 5.98. The van der Waals surface area contributed by atoms with Gasteiger partial charge in [-0.05, 0) is 42.3 Å². The third kappa shape index (κ3) is 4.01. The lowest BCUT2D eigenvalue weighted by atomic mass is 10.0. The Labute approximate surface area is 192 Å². The lowest BCUT2D eigenvalue weighted by molar-refractivity contribution is 0.0925. The Hall–Kier alpha value is -3.15. The molecule has 0 N–H and O–H groups in total. The van der Waals surface area contributed by atoms with E-state index in [1.807, 2.05) is 73.1 Å². The maximum absolute atomic E-state index is 6.56. The van der Waals surface area contributed by atoms with Crippen LogP contribution in [0.1, 0.15) is 23.9 Å². The van der Waals surface area contributed by atoms with Gasteiger partial charge in [0, 0.05) is 29.9 Å². The Balaban J connectivity index is 1.44. The fourth-order valence-corrected chi connectivity index (χ4v) is 4.52. The van der Waals surface area contributed by atoms with Crippen LogP contribution in [0.5, 0.6) is 5.75 Å². The summed E-state index contributed by atoms with van der Waals surface area (Å²) in [6.45, 7) is 1.18. The first-order valence-electron chi connectivity index (χ1n) is 10.7. The first-order valence-corrected chi connectivity index (χ1v) is 11.1. The van der Waals surface area contributed by atoms with Crippen molar-refractivity contribution < 1.29 is 9.47 Å². The van der Waals surface area contributed by atoms with Gasteiger partial charge in [-0.3, -0.25) is 4.98 Å². The topological polar surface area (TPSA) is 49.2 Å². The van der Waals surface area contributed by atoms with Crippen LogP contribution in [0.2, 0.25) is 5.02 Å². The van der Waals surface area contributed by atoms with Gasteiger partial charge in [-0.25, -0.2) is 4.98 Å². The van der Waals surface area contributed by atoms with Crippen LogP contribution in [-0.2, 0) is 17.8 Å². The monoisotopic (exact) mass is 445 g/mol. The van der Waals surface area contributed by atoms with Gasteiger partial charge in [-0.15, -0.1) is 0 Å². The van der Waals surface area contributed by atoms with E-state index in [9.17, 15) is 0 Å². The van der Waals surface area contributed by atoms with E-state index in [-0.39, 0.29) is 6.04 Å². The third-order valence-corrected chi connectivity index (χ3v) is 6.20. The molecule has 1 atom stereocenters. The van der Waals surface area contributed by atoms with Crippen molar-refractivity contribution in [3.05, 3.63) is 89.5 Å². The first kappa shape index (κ1) is 20.7. The molecule has 0 saturated heterocycles. The zero-order chi connectivity index (χ0) is 21.9. The molecule has 2 aromatic heterocycles. The Morgan fingerprint density at radius 3 is 2.56 bits per heavy atom. The minimum atomic E-state index is 0.218. The fourth-order valence-electron chi connectivity index (χ4n) is 4.29. The molecule has 0 bridgehead atoms. The number of fused-ring (bicyclic) bond motifs is 1. The summed E-state index contributed by atoms with van der Waals surface area (Å²) in [5, 5.41) is 0.701. The van der Waals surface area contributed by atoms with E-state index in [4.69, 9.17) is 26.1 Å². The minimum absolute atomic E-state index is 0.218. The van der Waals surface area contributed by atoms with Crippen molar-refractivity contribution in [3.8, 4) is 28.3 Å². The van der Waals surface area contributed by atoms with Crippen LogP contribution in [0.25, 0.3) is 22.5 Å². The number of hydrogen-bond acceptors (Lipinski definition) is 4. The molecular weight excluding hydrogens is 422 g/mol. The first-order chi connectivity index (χ1) is 15.7. The third-order valence-electron chi connectivity index (χ3n) is 5.87. The van der Waals surface area contributed by atoms with Gasteiger partial charge < -0.3 is 14.0 Å². The molecule has 0 fully saturated rings. The van der Waals surface area contributed by atoms with Gasteiger partial charge in [0.1, 0.15) is 11.6 Å². The number of aromatic nitrogens is 3. The number of aryl methyl sites for hydroxylation is 1. The molecule has 0 spiro atoms. The van der Waals surface area contributed by atoms with E-state index < -0.39 is 0 Å². The van der Waals surface area contributed by atoms with Gasteiger partial charge in [0.05, 0.1) is 42.8 Å². The fraction of sp³-hybridized carbons (Fsp3) is 0.231. The predicted molar refractivity (Wildman–Crippen MR) is 126 cm³/mol. The highest BCUT2D eigenvalue weighted by Gasteiger charge is 2.30. The number of methoxy groups -OCH3 is 1. The molecule has 6 heteroatoms. The highest BCUT2D eigenvalue weighted by molar-refractivity contribution is 6.33. The smallest absolute Gasteiger partial charge is 0.118 e. The quantitative estimate of drug-likeness (QED) is 0.351. The molecule has 162 valence electrons. The summed E-state index contributed by atoms with van der Waals surface area (Å²) in [6.07, 6.45) is 5.55. The largest absolute Gasteiger partial charge is 0.497 e. The van der Waals surface area contributed by atoms with Gasteiger partial charge in [0.25, 0.3) is 0 Å². The summed E-state index contributed by atoms with van der Waals surface area (Å²) in [4.78, 5) is 9.22. The van der Waals surface area contributed by atoms with Crippen LogP contribution in [0.4, 0.5) is 0 Å². The zero-order valence-corrected chi connectivity index (χ0v) is 18.6. The lowest BCUT2D eigenvalue weighted by Gasteiger charge is -2.18. The van der Waals surface area contributed by atoms with E-state index in [1.165, 1.54) is 0 Å². The average molecular weight is 446 g/mol. The lowest BCUT2D eigenvalue weighted by Crippen LogP contribution is -2.13. The van der Waals surface area contributed by atoms with Crippen molar-refractivity contribution in [1.29, 1.82) is 0 Å². The normalized spacial score (nSPS) is 15.0.